The molecule has 0 bridgehead atoms. The number of hydrogen-bond donors (Lipinski definition) is 1. The lowest BCUT2D eigenvalue weighted by Gasteiger charge is -2.10. The van der Waals surface area contributed by atoms with Crippen LogP contribution in [0.2, 0.25) is 0 Å². The Morgan fingerprint density at radius 1 is 0.857 bits per heavy atom. The second-order valence-corrected chi connectivity index (χ2v) is 6.93. The molecule has 140 valence electrons. The minimum absolute atomic E-state index is 0.345. The summed E-state index contributed by atoms with van der Waals surface area (Å²) in [5.74, 6) is -0.950. The van der Waals surface area contributed by atoms with Crippen LogP contribution in [0.4, 0.5) is 5.69 Å². The second-order valence-electron chi connectivity index (χ2n) is 5.81. The van der Waals surface area contributed by atoms with Gasteiger partial charge in [-0.15, -0.1) is 0 Å². The van der Waals surface area contributed by atoms with Gasteiger partial charge in [-0.05, 0) is 35.9 Å². The predicted octanol–water partition coefficient (Wildman–Crippen LogP) is 5.03. The normalized spacial score (nSPS) is 10.6. The SMILES string of the molecule is O=C(COC(=O)/C=C/c1ccccc1)Nc1ccccc1Sc1ccccc1. The fourth-order valence-electron chi connectivity index (χ4n) is 2.37. The number of benzene rings is 3. The van der Waals surface area contributed by atoms with E-state index in [0.717, 1.165) is 15.4 Å². The number of hydrogen-bond acceptors (Lipinski definition) is 4. The molecule has 4 nitrogen and oxygen atoms in total. The van der Waals surface area contributed by atoms with E-state index in [1.54, 1.807) is 17.8 Å². The van der Waals surface area contributed by atoms with Crippen LogP contribution in [-0.2, 0) is 14.3 Å². The Morgan fingerprint density at radius 2 is 1.50 bits per heavy atom. The Labute approximate surface area is 168 Å². The van der Waals surface area contributed by atoms with E-state index < -0.39 is 5.97 Å². The molecule has 0 fully saturated rings. The molecule has 0 saturated carbocycles. The molecule has 0 saturated heterocycles. The van der Waals surface area contributed by atoms with Crippen molar-refractivity contribution >= 4 is 35.4 Å². The number of para-hydroxylation sites is 1. The average Bonchev–Trinajstić information content (AvgIpc) is 2.74. The Hall–Kier alpha value is -3.31. The lowest BCUT2D eigenvalue weighted by molar-refractivity contribution is -0.142. The highest BCUT2D eigenvalue weighted by Crippen LogP contribution is 2.33. The fraction of sp³-hybridized carbons (Fsp3) is 0.0435. The van der Waals surface area contributed by atoms with Gasteiger partial charge < -0.3 is 10.1 Å². The summed E-state index contributed by atoms with van der Waals surface area (Å²) in [7, 11) is 0. The van der Waals surface area contributed by atoms with E-state index in [1.807, 2.05) is 84.9 Å². The van der Waals surface area contributed by atoms with Crippen LogP contribution < -0.4 is 5.32 Å². The van der Waals surface area contributed by atoms with Crippen LogP contribution in [-0.4, -0.2) is 18.5 Å². The lowest BCUT2D eigenvalue weighted by atomic mass is 10.2. The van der Waals surface area contributed by atoms with Crippen molar-refractivity contribution in [1.29, 1.82) is 0 Å². The third-order valence-electron chi connectivity index (χ3n) is 3.69. The molecule has 0 atom stereocenters. The first kappa shape index (κ1) is 19.5. The molecule has 3 rings (SSSR count). The molecule has 3 aromatic carbocycles. The highest BCUT2D eigenvalue weighted by molar-refractivity contribution is 7.99. The summed E-state index contributed by atoms with van der Waals surface area (Å²) in [5.41, 5.74) is 1.56. The van der Waals surface area contributed by atoms with Gasteiger partial charge in [0.25, 0.3) is 5.91 Å². The van der Waals surface area contributed by atoms with E-state index in [0.29, 0.717) is 5.69 Å². The topological polar surface area (TPSA) is 55.4 Å². The number of carbonyl (C=O) groups excluding carboxylic acids is 2. The molecule has 0 unspecified atom stereocenters. The molecule has 5 heteroatoms. The van der Waals surface area contributed by atoms with E-state index in [-0.39, 0.29) is 12.5 Å². The van der Waals surface area contributed by atoms with Gasteiger partial charge in [0.05, 0.1) is 5.69 Å². The lowest BCUT2D eigenvalue weighted by Crippen LogP contribution is -2.20. The maximum atomic E-state index is 12.2. The number of carbonyl (C=O) groups is 2. The molecule has 0 aliphatic rings. The van der Waals surface area contributed by atoms with Crippen molar-refractivity contribution in [2.45, 2.75) is 9.79 Å². The monoisotopic (exact) mass is 389 g/mol. The van der Waals surface area contributed by atoms with Gasteiger partial charge >= 0.3 is 5.97 Å². The quantitative estimate of drug-likeness (QED) is 0.455. The van der Waals surface area contributed by atoms with E-state index in [2.05, 4.69) is 5.32 Å². The first-order valence-electron chi connectivity index (χ1n) is 8.72. The number of rotatable bonds is 7. The van der Waals surface area contributed by atoms with Crippen molar-refractivity contribution < 1.29 is 14.3 Å². The van der Waals surface area contributed by atoms with Crippen molar-refractivity contribution in [2.75, 3.05) is 11.9 Å². The van der Waals surface area contributed by atoms with Gasteiger partial charge in [-0.1, -0.05) is 72.4 Å². The number of esters is 1. The standard InChI is InChI=1S/C23H19NO3S/c25-22(17-27-23(26)16-15-18-9-3-1-4-10-18)24-20-13-7-8-14-21(20)28-19-11-5-2-6-12-19/h1-16H,17H2,(H,24,25)/b16-15+. The molecule has 0 aromatic heterocycles. The molecule has 0 spiro atoms. The van der Waals surface area contributed by atoms with Crippen molar-refractivity contribution in [1.82, 2.24) is 0 Å². The first-order valence-corrected chi connectivity index (χ1v) is 9.54. The van der Waals surface area contributed by atoms with E-state index in [4.69, 9.17) is 4.74 Å². The van der Waals surface area contributed by atoms with Crippen molar-refractivity contribution in [3.05, 3.63) is 96.6 Å². The maximum absolute atomic E-state index is 12.2. The van der Waals surface area contributed by atoms with Gasteiger partial charge in [-0.25, -0.2) is 4.79 Å². The highest BCUT2D eigenvalue weighted by Gasteiger charge is 2.09. The van der Waals surface area contributed by atoms with Gasteiger partial charge in [0, 0.05) is 15.9 Å². The Kier molecular flexibility index (Phi) is 7.04. The van der Waals surface area contributed by atoms with Crippen LogP contribution in [0.5, 0.6) is 0 Å². The minimum Gasteiger partial charge on any atom is -0.452 e. The molecule has 3 aromatic rings. The Bertz CT molecular complexity index is 956. The zero-order valence-corrected chi connectivity index (χ0v) is 15.9. The zero-order chi connectivity index (χ0) is 19.6. The summed E-state index contributed by atoms with van der Waals surface area (Å²) in [5, 5.41) is 2.80. The number of amides is 1. The molecular weight excluding hydrogens is 370 g/mol. The van der Waals surface area contributed by atoms with Gasteiger partial charge in [-0.2, -0.15) is 0 Å². The molecule has 0 aliphatic heterocycles. The minimum atomic E-state index is -0.564. The molecule has 28 heavy (non-hydrogen) atoms. The summed E-state index contributed by atoms with van der Waals surface area (Å²) in [4.78, 5) is 25.9. The van der Waals surface area contributed by atoms with Crippen LogP contribution in [0.15, 0.2) is 101 Å². The molecule has 0 aliphatic carbocycles. The highest BCUT2D eigenvalue weighted by atomic mass is 32.2. The fourth-order valence-corrected chi connectivity index (χ4v) is 3.30. The average molecular weight is 389 g/mol. The third-order valence-corrected chi connectivity index (χ3v) is 4.77. The predicted molar refractivity (Wildman–Crippen MR) is 112 cm³/mol. The van der Waals surface area contributed by atoms with Crippen LogP contribution >= 0.6 is 11.8 Å². The van der Waals surface area contributed by atoms with E-state index in [9.17, 15) is 9.59 Å². The van der Waals surface area contributed by atoms with Gasteiger partial charge in [0.1, 0.15) is 0 Å². The number of anilines is 1. The van der Waals surface area contributed by atoms with Gasteiger partial charge in [0.15, 0.2) is 6.61 Å². The van der Waals surface area contributed by atoms with Crippen LogP contribution in [0.25, 0.3) is 6.08 Å². The zero-order valence-electron chi connectivity index (χ0n) is 15.1. The number of ether oxygens (including phenoxy) is 1. The smallest absolute Gasteiger partial charge is 0.331 e. The Morgan fingerprint density at radius 3 is 2.25 bits per heavy atom. The summed E-state index contributed by atoms with van der Waals surface area (Å²) < 4.78 is 5.01. The molecule has 1 amide bonds. The second kappa shape index (κ2) is 10.1. The Balaban J connectivity index is 1.53. The number of nitrogens with one attached hydrogen (secondary N) is 1. The maximum Gasteiger partial charge on any atom is 0.331 e. The largest absolute Gasteiger partial charge is 0.452 e. The summed E-state index contributed by atoms with van der Waals surface area (Å²) in [6.07, 6.45) is 2.95. The van der Waals surface area contributed by atoms with Crippen molar-refractivity contribution in [2.24, 2.45) is 0 Å². The molecule has 0 radical (unpaired) electrons. The molecule has 1 N–H and O–H groups in total. The summed E-state index contributed by atoms with van der Waals surface area (Å²) in [6.45, 7) is -0.345. The third kappa shape index (κ3) is 6.14. The van der Waals surface area contributed by atoms with Gasteiger partial charge in [0.2, 0.25) is 0 Å². The first-order chi connectivity index (χ1) is 13.7. The molecule has 0 heterocycles. The van der Waals surface area contributed by atoms with Gasteiger partial charge in [-0.3, -0.25) is 4.79 Å². The van der Waals surface area contributed by atoms with Crippen LogP contribution in [0.3, 0.4) is 0 Å². The van der Waals surface area contributed by atoms with E-state index in [1.165, 1.54) is 6.08 Å². The summed E-state index contributed by atoms with van der Waals surface area (Å²) >= 11 is 1.55. The molecular formula is C23H19NO3S. The van der Waals surface area contributed by atoms with Crippen molar-refractivity contribution in [3.63, 3.8) is 0 Å². The van der Waals surface area contributed by atoms with E-state index >= 15 is 0 Å². The van der Waals surface area contributed by atoms with Crippen molar-refractivity contribution in [3.8, 4) is 0 Å². The summed E-state index contributed by atoms with van der Waals surface area (Å²) in [6, 6.07) is 26.8. The van der Waals surface area contributed by atoms with Crippen LogP contribution in [0, 0.1) is 0 Å². The van der Waals surface area contributed by atoms with Crippen LogP contribution in [0.1, 0.15) is 5.56 Å².